The number of alkyl halides is 3. The summed E-state index contributed by atoms with van der Waals surface area (Å²) in [4.78, 5) is 22.8. The maximum Gasteiger partial charge on any atom is 0.433 e. The zero-order valence-electron chi connectivity index (χ0n) is 17.4. The summed E-state index contributed by atoms with van der Waals surface area (Å²) in [6, 6.07) is 4.84. The number of hydrogen-bond acceptors (Lipinski definition) is 5. The number of carbonyl (C=O) groups excluding carboxylic acids is 1. The first-order valence-corrected chi connectivity index (χ1v) is 11.4. The Bertz CT molecular complexity index is 1260. The van der Waals surface area contributed by atoms with Gasteiger partial charge >= 0.3 is 6.18 Å². The third kappa shape index (κ3) is 5.86. The predicted molar refractivity (Wildman–Crippen MR) is 112 cm³/mol. The van der Waals surface area contributed by atoms with E-state index in [0.29, 0.717) is 0 Å². The monoisotopic (exact) mass is 485 g/mol. The van der Waals surface area contributed by atoms with Crippen molar-refractivity contribution in [1.82, 2.24) is 20.3 Å². The molecule has 3 aromatic rings. The van der Waals surface area contributed by atoms with Crippen LogP contribution >= 0.6 is 0 Å². The van der Waals surface area contributed by atoms with Gasteiger partial charge in [-0.1, -0.05) is 6.07 Å². The molecule has 0 radical (unpaired) electrons. The lowest BCUT2D eigenvalue weighted by Gasteiger charge is -2.18. The summed E-state index contributed by atoms with van der Waals surface area (Å²) < 4.78 is 79.4. The molecule has 0 aliphatic carbocycles. The number of nitrogens with zero attached hydrogens (tertiary/aromatic N) is 2. The van der Waals surface area contributed by atoms with Crippen LogP contribution in [0.2, 0.25) is 0 Å². The van der Waals surface area contributed by atoms with E-state index in [1.54, 1.807) is 0 Å². The highest BCUT2D eigenvalue weighted by Gasteiger charge is 2.36. The van der Waals surface area contributed by atoms with Crippen molar-refractivity contribution in [3.05, 3.63) is 65.5 Å². The SMILES string of the molecule is CC(C(=O)NCc1c(-c2ncc[nH]2)ccnc1C(F)(F)F)c1ccc(NS(C)(=O)=O)c(F)c1. The normalized spacial score (nSPS) is 12.9. The first-order valence-electron chi connectivity index (χ1n) is 9.46. The van der Waals surface area contributed by atoms with Crippen molar-refractivity contribution in [2.45, 2.75) is 25.6 Å². The number of nitrogens with one attached hydrogen (secondary N) is 3. The lowest BCUT2D eigenvalue weighted by atomic mass is 9.99. The number of amides is 1. The number of carbonyl (C=O) groups is 1. The van der Waals surface area contributed by atoms with Gasteiger partial charge in [0.2, 0.25) is 15.9 Å². The van der Waals surface area contributed by atoms with E-state index in [4.69, 9.17) is 0 Å². The predicted octanol–water partition coefficient (Wildman–Crippen LogP) is 3.42. The molecule has 1 atom stereocenters. The molecule has 8 nitrogen and oxygen atoms in total. The van der Waals surface area contributed by atoms with Crippen molar-refractivity contribution in [1.29, 1.82) is 0 Å². The van der Waals surface area contributed by atoms with E-state index in [0.717, 1.165) is 24.6 Å². The second-order valence-electron chi connectivity index (χ2n) is 7.17. The Hall–Kier alpha value is -3.48. The van der Waals surface area contributed by atoms with Gasteiger partial charge in [0.05, 0.1) is 17.9 Å². The molecule has 1 aromatic carbocycles. The number of pyridine rings is 1. The van der Waals surface area contributed by atoms with Gasteiger partial charge in [0.1, 0.15) is 17.3 Å². The molecule has 2 heterocycles. The van der Waals surface area contributed by atoms with Crippen LogP contribution in [0.5, 0.6) is 0 Å². The molecule has 0 saturated heterocycles. The quantitative estimate of drug-likeness (QED) is 0.444. The summed E-state index contributed by atoms with van der Waals surface area (Å²) in [5.41, 5.74) is -1.40. The van der Waals surface area contributed by atoms with E-state index in [2.05, 4.69) is 20.3 Å². The van der Waals surface area contributed by atoms with E-state index in [-0.39, 0.29) is 28.2 Å². The number of aromatic amines is 1. The second kappa shape index (κ2) is 9.17. The maximum absolute atomic E-state index is 14.2. The number of hydrogen-bond donors (Lipinski definition) is 3. The molecule has 0 fully saturated rings. The number of halogens is 4. The average Bonchev–Trinajstić information content (AvgIpc) is 3.25. The third-order valence-electron chi connectivity index (χ3n) is 4.70. The van der Waals surface area contributed by atoms with Crippen LogP contribution in [-0.4, -0.2) is 35.5 Å². The van der Waals surface area contributed by atoms with Crippen molar-refractivity contribution >= 4 is 21.6 Å². The van der Waals surface area contributed by atoms with Crippen LogP contribution in [-0.2, 0) is 27.5 Å². The molecule has 3 N–H and O–H groups in total. The zero-order chi connectivity index (χ0) is 24.4. The molecule has 0 aliphatic rings. The molecule has 176 valence electrons. The fraction of sp³-hybridized carbons (Fsp3) is 0.250. The number of aromatic nitrogens is 3. The Labute approximate surface area is 186 Å². The summed E-state index contributed by atoms with van der Waals surface area (Å²) in [6.45, 7) is 0.938. The molecular weight excluding hydrogens is 466 g/mol. The Balaban J connectivity index is 1.83. The molecule has 0 spiro atoms. The van der Waals surface area contributed by atoms with Crippen LogP contribution in [0.4, 0.5) is 23.2 Å². The van der Waals surface area contributed by atoms with Crippen molar-refractivity contribution in [3.63, 3.8) is 0 Å². The topological polar surface area (TPSA) is 117 Å². The molecule has 1 unspecified atom stereocenters. The highest BCUT2D eigenvalue weighted by atomic mass is 32.2. The number of benzene rings is 1. The molecule has 0 saturated carbocycles. The van der Waals surface area contributed by atoms with Gasteiger partial charge in [-0.25, -0.2) is 17.8 Å². The molecule has 0 bridgehead atoms. The van der Waals surface area contributed by atoms with Crippen LogP contribution in [0.15, 0.2) is 42.9 Å². The van der Waals surface area contributed by atoms with Gasteiger partial charge in [0, 0.05) is 36.3 Å². The average molecular weight is 485 g/mol. The number of H-pyrrole nitrogens is 1. The van der Waals surface area contributed by atoms with E-state index < -0.39 is 46.1 Å². The van der Waals surface area contributed by atoms with Crippen molar-refractivity contribution in [2.75, 3.05) is 11.0 Å². The fourth-order valence-electron chi connectivity index (χ4n) is 3.11. The zero-order valence-corrected chi connectivity index (χ0v) is 18.2. The van der Waals surface area contributed by atoms with Gasteiger partial charge < -0.3 is 10.3 Å². The first-order chi connectivity index (χ1) is 15.4. The highest BCUT2D eigenvalue weighted by Crippen LogP contribution is 2.34. The van der Waals surface area contributed by atoms with Crippen LogP contribution in [0.1, 0.15) is 29.7 Å². The lowest BCUT2D eigenvalue weighted by molar-refractivity contribution is -0.142. The third-order valence-corrected chi connectivity index (χ3v) is 5.29. The van der Waals surface area contributed by atoms with Gasteiger partial charge in [0.15, 0.2) is 0 Å². The van der Waals surface area contributed by atoms with Gasteiger partial charge in [-0.2, -0.15) is 13.2 Å². The van der Waals surface area contributed by atoms with Crippen LogP contribution in [0.3, 0.4) is 0 Å². The van der Waals surface area contributed by atoms with Gasteiger partial charge in [-0.3, -0.25) is 14.5 Å². The number of rotatable bonds is 7. The van der Waals surface area contributed by atoms with Gasteiger partial charge in [-0.15, -0.1) is 0 Å². The molecule has 33 heavy (non-hydrogen) atoms. The van der Waals surface area contributed by atoms with Crippen LogP contribution in [0.25, 0.3) is 11.4 Å². The second-order valence-corrected chi connectivity index (χ2v) is 8.92. The Morgan fingerprint density at radius 1 is 1.18 bits per heavy atom. The Kier molecular flexibility index (Phi) is 6.72. The summed E-state index contributed by atoms with van der Waals surface area (Å²) >= 11 is 0. The van der Waals surface area contributed by atoms with Crippen molar-refractivity contribution in [3.8, 4) is 11.4 Å². The van der Waals surface area contributed by atoms with Crippen molar-refractivity contribution < 1.29 is 30.8 Å². The summed E-state index contributed by atoms with van der Waals surface area (Å²) in [6.07, 6.45) is -0.0704. The summed E-state index contributed by atoms with van der Waals surface area (Å²) in [5, 5.41) is 2.43. The summed E-state index contributed by atoms with van der Waals surface area (Å²) in [7, 11) is -3.70. The number of anilines is 1. The van der Waals surface area contributed by atoms with Gasteiger partial charge in [-0.05, 0) is 30.7 Å². The molecule has 0 aliphatic heterocycles. The molecule has 1 amide bonds. The highest BCUT2D eigenvalue weighted by molar-refractivity contribution is 7.92. The number of imidazole rings is 1. The van der Waals surface area contributed by atoms with E-state index >= 15 is 0 Å². The molecular formula is C20H19F4N5O3S. The first kappa shape index (κ1) is 24.2. The number of sulfonamides is 1. The van der Waals surface area contributed by atoms with E-state index in [1.165, 1.54) is 31.5 Å². The molecule has 2 aromatic heterocycles. The van der Waals surface area contributed by atoms with E-state index in [1.807, 2.05) is 4.72 Å². The minimum absolute atomic E-state index is 0.123. The van der Waals surface area contributed by atoms with E-state index in [9.17, 15) is 30.8 Å². The maximum atomic E-state index is 14.2. The van der Waals surface area contributed by atoms with Crippen LogP contribution < -0.4 is 10.0 Å². The summed E-state index contributed by atoms with van der Waals surface area (Å²) in [5.74, 6) is -2.33. The largest absolute Gasteiger partial charge is 0.433 e. The molecule has 3 rings (SSSR count). The van der Waals surface area contributed by atoms with Crippen LogP contribution in [0, 0.1) is 5.82 Å². The standard InChI is InChI=1S/C20H19F4N5O3S/c1-11(12-3-4-16(15(21)9-12)29-33(2,31)32)19(30)28-10-14-13(18-26-7-8-27-18)5-6-25-17(14)20(22,23)24/h3-9,11,29H,10H2,1-2H3,(H,26,27)(H,28,30). The smallest absolute Gasteiger partial charge is 0.351 e. The minimum Gasteiger partial charge on any atom is -0.351 e. The minimum atomic E-state index is -4.76. The van der Waals surface area contributed by atoms with Crippen molar-refractivity contribution in [2.24, 2.45) is 0 Å². The van der Waals surface area contributed by atoms with Gasteiger partial charge in [0.25, 0.3) is 0 Å². The Morgan fingerprint density at radius 3 is 2.48 bits per heavy atom. The fourth-order valence-corrected chi connectivity index (χ4v) is 3.68. The lowest BCUT2D eigenvalue weighted by Crippen LogP contribution is -2.29. The molecule has 13 heteroatoms. The Morgan fingerprint density at radius 2 is 1.91 bits per heavy atom.